The van der Waals surface area contributed by atoms with Gasteiger partial charge in [0.25, 0.3) is 0 Å². The van der Waals surface area contributed by atoms with Crippen LogP contribution in [0.25, 0.3) is 0 Å². The van der Waals surface area contributed by atoms with E-state index in [1.165, 1.54) is 0 Å². The van der Waals surface area contributed by atoms with Gasteiger partial charge in [-0.05, 0) is 19.1 Å². The lowest BCUT2D eigenvalue weighted by Gasteiger charge is -2.28. The molecule has 0 saturated heterocycles. The molecule has 0 heterocycles. The Morgan fingerprint density at radius 1 is 1.40 bits per heavy atom. The second-order valence-corrected chi connectivity index (χ2v) is 3.16. The van der Waals surface area contributed by atoms with Crippen LogP contribution in [-0.2, 0) is 4.79 Å². The number of hydrogen-bond donors (Lipinski definition) is 2. The van der Waals surface area contributed by atoms with E-state index in [1.807, 2.05) is 37.3 Å². The molecular formula is C11H15NO3. The number of carboxylic acid groups (broad SMARTS) is 1. The molecule has 1 atom stereocenters. The maximum absolute atomic E-state index is 10.9. The average Bonchev–Trinajstić information content (AvgIpc) is 2.26. The van der Waals surface area contributed by atoms with Crippen molar-refractivity contribution >= 4 is 11.7 Å². The fourth-order valence-electron chi connectivity index (χ4n) is 1.51. The van der Waals surface area contributed by atoms with Gasteiger partial charge in [0.1, 0.15) is 0 Å². The fourth-order valence-corrected chi connectivity index (χ4v) is 1.51. The van der Waals surface area contributed by atoms with E-state index in [0.717, 1.165) is 5.69 Å². The Morgan fingerprint density at radius 2 is 2.00 bits per heavy atom. The van der Waals surface area contributed by atoms with E-state index in [9.17, 15) is 4.79 Å². The number of aliphatic hydroxyl groups excluding tert-OH is 1. The minimum atomic E-state index is -1.01. The maximum Gasteiger partial charge on any atom is 0.328 e. The molecular weight excluding hydrogens is 194 g/mol. The molecule has 82 valence electrons. The lowest BCUT2D eigenvalue weighted by Crippen LogP contribution is -2.43. The quantitative estimate of drug-likeness (QED) is 0.758. The number of carbonyl (C=O) groups is 1. The highest BCUT2D eigenvalue weighted by molar-refractivity contribution is 5.78. The molecule has 0 aromatic heterocycles. The zero-order chi connectivity index (χ0) is 11.3. The van der Waals surface area contributed by atoms with Crippen LogP contribution < -0.4 is 4.90 Å². The van der Waals surface area contributed by atoms with E-state index in [2.05, 4.69) is 0 Å². The third kappa shape index (κ3) is 2.70. The minimum absolute atomic E-state index is 0.391. The number of aliphatic hydroxyl groups is 1. The van der Waals surface area contributed by atoms with Crippen molar-refractivity contribution in [3.05, 3.63) is 30.3 Å². The molecule has 15 heavy (non-hydrogen) atoms. The van der Waals surface area contributed by atoms with Gasteiger partial charge in [-0.1, -0.05) is 18.2 Å². The number of nitrogens with zero attached hydrogens (tertiary/aromatic N) is 1. The number of aliphatic carboxylic acids is 1. The van der Waals surface area contributed by atoms with E-state index in [4.69, 9.17) is 10.2 Å². The Balaban J connectivity index is 2.92. The molecule has 0 radical (unpaired) electrons. The third-order valence-electron chi connectivity index (χ3n) is 2.26. The van der Waals surface area contributed by atoms with Gasteiger partial charge < -0.3 is 15.1 Å². The number of para-hydroxylation sites is 1. The summed E-state index contributed by atoms with van der Waals surface area (Å²) < 4.78 is 0. The summed E-state index contributed by atoms with van der Waals surface area (Å²) in [4.78, 5) is 12.6. The molecule has 1 aromatic carbocycles. The van der Waals surface area contributed by atoms with E-state index >= 15 is 0 Å². The smallest absolute Gasteiger partial charge is 0.328 e. The van der Waals surface area contributed by atoms with E-state index < -0.39 is 18.6 Å². The van der Waals surface area contributed by atoms with Gasteiger partial charge in [0.05, 0.1) is 6.61 Å². The lowest BCUT2D eigenvalue weighted by atomic mass is 10.2. The van der Waals surface area contributed by atoms with Crippen molar-refractivity contribution in [2.45, 2.75) is 13.0 Å². The first-order valence-electron chi connectivity index (χ1n) is 4.86. The molecule has 0 aliphatic heterocycles. The van der Waals surface area contributed by atoms with E-state index in [-0.39, 0.29) is 0 Å². The molecule has 2 N–H and O–H groups in total. The second kappa shape index (κ2) is 5.36. The normalized spacial score (nSPS) is 12.1. The topological polar surface area (TPSA) is 60.8 Å². The molecule has 0 bridgehead atoms. The second-order valence-electron chi connectivity index (χ2n) is 3.16. The largest absolute Gasteiger partial charge is 0.480 e. The number of hydrogen-bond acceptors (Lipinski definition) is 3. The zero-order valence-electron chi connectivity index (χ0n) is 8.63. The first-order chi connectivity index (χ1) is 7.20. The Hall–Kier alpha value is -1.55. The number of carboxylic acids is 1. The highest BCUT2D eigenvalue weighted by Crippen LogP contribution is 2.15. The molecule has 0 saturated carbocycles. The van der Waals surface area contributed by atoms with Crippen molar-refractivity contribution in [3.8, 4) is 0 Å². The van der Waals surface area contributed by atoms with Gasteiger partial charge in [-0.3, -0.25) is 0 Å². The van der Waals surface area contributed by atoms with Crippen molar-refractivity contribution < 1.29 is 15.0 Å². The van der Waals surface area contributed by atoms with Crippen molar-refractivity contribution in [1.29, 1.82) is 0 Å². The van der Waals surface area contributed by atoms with Gasteiger partial charge in [-0.2, -0.15) is 0 Å². The molecule has 0 unspecified atom stereocenters. The van der Waals surface area contributed by atoms with Crippen LogP contribution in [-0.4, -0.2) is 35.4 Å². The average molecular weight is 209 g/mol. The van der Waals surface area contributed by atoms with E-state index in [1.54, 1.807) is 4.90 Å². The number of rotatable bonds is 5. The summed E-state index contributed by atoms with van der Waals surface area (Å²) in [5, 5.41) is 18.0. The predicted molar refractivity (Wildman–Crippen MR) is 58.0 cm³/mol. The summed E-state index contributed by atoms with van der Waals surface area (Å²) in [6.07, 6.45) is 0. The molecule has 1 aromatic rings. The van der Waals surface area contributed by atoms with Crippen LogP contribution in [0.3, 0.4) is 0 Å². The molecule has 0 amide bonds. The fraction of sp³-hybridized carbons (Fsp3) is 0.364. The van der Waals surface area contributed by atoms with Crippen LogP contribution in [0.2, 0.25) is 0 Å². The summed E-state index contributed by atoms with van der Waals surface area (Å²) in [7, 11) is 0. The van der Waals surface area contributed by atoms with Gasteiger partial charge in [-0.15, -0.1) is 0 Å². The summed E-state index contributed by atoms with van der Waals surface area (Å²) in [5.41, 5.74) is 0.807. The van der Waals surface area contributed by atoms with Crippen molar-refractivity contribution in [3.63, 3.8) is 0 Å². The highest BCUT2D eigenvalue weighted by Gasteiger charge is 2.23. The number of likely N-dealkylation sites (N-methyl/N-ethyl adjacent to an activating group) is 1. The van der Waals surface area contributed by atoms with Crippen molar-refractivity contribution in [1.82, 2.24) is 0 Å². The van der Waals surface area contributed by atoms with Gasteiger partial charge in [0.15, 0.2) is 6.04 Å². The summed E-state index contributed by atoms with van der Waals surface area (Å²) in [5.74, 6) is -1.01. The maximum atomic E-state index is 10.9. The first-order valence-corrected chi connectivity index (χ1v) is 4.86. The molecule has 4 nitrogen and oxygen atoms in total. The van der Waals surface area contributed by atoms with Crippen LogP contribution in [0.1, 0.15) is 6.92 Å². The molecule has 0 spiro atoms. The first kappa shape index (κ1) is 11.5. The molecule has 0 aliphatic rings. The van der Waals surface area contributed by atoms with E-state index in [0.29, 0.717) is 6.54 Å². The van der Waals surface area contributed by atoms with Crippen LogP contribution in [0.4, 0.5) is 5.69 Å². The Bertz CT molecular complexity index is 313. The Labute approximate surface area is 88.8 Å². The van der Waals surface area contributed by atoms with Crippen LogP contribution in [0.15, 0.2) is 30.3 Å². The molecule has 1 rings (SSSR count). The van der Waals surface area contributed by atoms with Crippen LogP contribution >= 0.6 is 0 Å². The van der Waals surface area contributed by atoms with Gasteiger partial charge in [0, 0.05) is 12.2 Å². The minimum Gasteiger partial charge on any atom is -0.480 e. The van der Waals surface area contributed by atoms with Crippen molar-refractivity contribution in [2.75, 3.05) is 18.1 Å². The Morgan fingerprint density at radius 3 is 2.40 bits per heavy atom. The number of anilines is 1. The standard InChI is InChI=1S/C11H15NO3/c1-2-12(10(8-13)11(14)15)9-6-4-3-5-7-9/h3-7,10,13H,2,8H2,1H3,(H,14,15)/t10-/m0/s1. The predicted octanol–water partition coefficient (Wildman–Crippen LogP) is 0.958. The van der Waals surface area contributed by atoms with Crippen LogP contribution in [0.5, 0.6) is 0 Å². The monoisotopic (exact) mass is 209 g/mol. The number of benzene rings is 1. The summed E-state index contributed by atoms with van der Waals surface area (Å²) in [6.45, 7) is 2.01. The van der Waals surface area contributed by atoms with Gasteiger partial charge in [-0.25, -0.2) is 4.79 Å². The Kier molecular flexibility index (Phi) is 4.12. The highest BCUT2D eigenvalue weighted by atomic mass is 16.4. The molecule has 4 heteroatoms. The summed E-state index contributed by atoms with van der Waals surface area (Å²) >= 11 is 0. The van der Waals surface area contributed by atoms with Crippen molar-refractivity contribution in [2.24, 2.45) is 0 Å². The lowest BCUT2D eigenvalue weighted by molar-refractivity contribution is -0.139. The zero-order valence-corrected chi connectivity index (χ0v) is 8.63. The third-order valence-corrected chi connectivity index (χ3v) is 2.26. The SMILES string of the molecule is CCN(c1ccccc1)[C@@H](CO)C(=O)O. The van der Waals surface area contributed by atoms with Crippen LogP contribution in [0, 0.1) is 0 Å². The molecule has 0 fully saturated rings. The van der Waals surface area contributed by atoms with Gasteiger partial charge >= 0.3 is 5.97 Å². The summed E-state index contributed by atoms with van der Waals surface area (Å²) in [6, 6.07) is 8.33. The molecule has 0 aliphatic carbocycles. The van der Waals surface area contributed by atoms with Gasteiger partial charge in [0.2, 0.25) is 0 Å².